The highest BCUT2D eigenvalue weighted by Gasteiger charge is 2.21. The molecule has 0 aliphatic carbocycles. The molecule has 17 heavy (non-hydrogen) atoms. The Balaban J connectivity index is 2.77. The van der Waals surface area contributed by atoms with Gasteiger partial charge in [0.2, 0.25) is 0 Å². The molecule has 0 radical (unpaired) electrons. The molecule has 98 valence electrons. The topological polar surface area (TPSA) is 84.1 Å². The molecule has 0 amide bonds. The van der Waals surface area contributed by atoms with E-state index in [1.54, 1.807) is 6.92 Å². The van der Waals surface area contributed by atoms with Crippen LogP contribution in [-0.4, -0.2) is 43.5 Å². The number of nitrogens with one attached hydrogen (secondary N) is 2. The maximum absolute atomic E-state index is 12.0. The molecule has 0 aromatic carbocycles. The number of rotatable bonds is 7. The summed E-state index contributed by atoms with van der Waals surface area (Å²) in [5.74, 6) is 0.564. The van der Waals surface area contributed by atoms with Crippen molar-refractivity contribution in [3.8, 4) is 0 Å². The number of alkyl halides is 1. The minimum Gasteiger partial charge on any atom is -0.383 e. The van der Waals surface area contributed by atoms with Gasteiger partial charge < -0.3 is 9.72 Å². The van der Waals surface area contributed by atoms with Crippen molar-refractivity contribution in [2.45, 2.75) is 24.4 Å². The van der Waals surface area contributed by atoms with Gasteiger partial charge in [0.05, 0.1) is 12.8 Å². The highest BCUT2D eigenvalue weighted by atomic mass is 79.9. The van der Waals surface area contributed by atoms with Gasteiger partial charge >= 0.3 is 0 Å². The van der Waals surface area contributed by atoms with Gasteiger partial charge in [-0.3, -0.25) is 0 Å². The molecule has 1 atom stereocenters. The van der Waals surface area contributed by atoms with Crippen molar-refractivity contribution in [2.24, 2.45) is 0 Å². The highest BCUT2D eigenvalue weighted by molar-refractivity contribution is 9.09. The molecule has 2 N–H and O–H groups in total. The number of aromatic amines is 1. The number of sulfonamides is 1. The van der Waals surface area contributed by atoms with E-state index >= 15 is 0 Å². The van der Waals surface area contributed by atoms with Crippen molar-refractivity contribution in [3.63, 3.8) is 0 Å². The molecule has 0 saturated carbocycles. The minimum absolute atomic E-state index is 0.0747. The van der Waals surface area contributed by atoms with Gasteiger partial charge in [0, 0.05) is 18.5 Å². The molecule has 1 aromatic heterocycles. The largest absolute Gasteiger partial charge is 0.383 e. The number of aryl methyl sites for hydroxylation is 1. The van der Waals surface area contributed by atoms with Crippen LogP contribution >= 0.6 is 15.9 Å². The van der Waals surface area contributed by atoms with Gasteiger partial charge in [-0.25, -0.2) is 18.1 Å². The highest BCUT2D eigenvalue weighted by Crippen LogP contribution is 2.07. The fourth-order valence-corrected chi connectivity index (χ4v) is 3.10. The lowest BCUT2D eigenvalue weighted by Crippen LogP contribution is -2.38. The number of ether oxygens (including phenoxy) is 1. The summed E-state index contributed by atoms with van der Waals surface area (Å²) in [6.07, 6.45) is 1.95. The summed E-state index contributed by atoms with van der Waals surface area (Å²) >= 11 is 3.28. The van der Waals surface area contributed by atoms with E-state index in [0.717, 1.165) is 0 Å². The van der Waals surface area contributed by atoms with Crippen molar-refractivity contribution in [1.29, 1.82) is 0 Å². The molecule has 0 spiro atoms. The Morgan fingerprint density at radius 3 is 2.82 bits per heavy atom. The molecule has 0 fully saturated rings. The smallest absolute Gasteiger partial charge is 0.257 e. The van der Waals surface area contributed by atoms with Crippen molar-refractivity contribution in [1.82, 2.24) is 14.7 Å². The molecule has 1 rings (SSSR count). The number of H-pyrrole nitrogens is 1. The lowest BCUT2D eigenvalue weighted by molar-refractivity contribution is 0.173. The van der Waals surface area contributed by atoms with Crippen molar-refractivity contribution >= 4 is 26.0 Å². The Bertz CT molecular complexity index is 440. The SMILES string of the molecule is COCC(CCBr)NS(=O)(=O)c1cnc(C)[nH]1. The average Bonchev–Trinajstić information content (AvgIpc) is 2.66. The summed E-state index contributed by atoms with van der Waals surface area (Å²) in [7, 11) is -2.01. The van der Waals surface area contributed by atoms with Gasteiger partial charge in [0.1, 0.15) is 5.82 Å². The zero-order chi connectivity index (χ0) is 12.9. The second-order valence-corrected chi connectivity index (χ2v) is 6.06. The molecule has 1 aromatic rings. The van der Waals surface area contributed by atoms with Crippen LogP contribution in [0.2, 0.25) is 0 Å². The van der Waals surface area contributed by atoms with Gasteiger partial charge in [-0.1, -0.05) is 15.9 Å². The molecule has 0 bridgehead atoms. The van der Waals surface area contributed by atoms with E-state index in [1.807, 2.05) is 0 Å². The second kappa shape index (κ2) is 6.48. The van der Waals surface area contributed by atoms with Crippen LogP contribution in [0.4, 0.5) is 0 Å². The Morgan fingerprint density at radius 2 is 2.35 bits per heavy atom. The Hall–Kier alpha value is -0.440. The first-order valence-corrected chi connectivity index (χ1v) is 7.69. The van der Waals surface area contributed by atoms with E-state index in [2.05, 4.69) is 30.6 Å². The number of aromatic nitrogens is 2. The van der Waals surface area contributed by atoms with Crippen molar-refractivity contribution in [3.05, 3.63) is 12.0 Å². The van der Waals surface area contributed by atoms with Crippen LogP contribution in [0.1, 0.15) is 12.2 Å². The van der Waals surface area contributed by atoms with Gasteiger partial charge in [0.25, 0.3) is 10.0 Å². The van der Waals surface area contributed by atoms with E-state index in [9.17, 15) is 8.42 Å². The summed E-state index contributed by atoms with van der Waals surface area (Å²) in [4.78, 5) is 6.56. The molecule has 6 nitrogen and oxygen atoms in total. The summed E-state index contributed by atoms with van der Waals surface area (Å²) in [5, 5.41) is 0.775. The number of nitrogens with zero attached hydrogens (tertiary/aromatic N) is 1. The predicted octanol–water partition coefficient (Wildman–Crippen LogP) is 0.796. The lowest BCUT2D eigenvalue weighted by Gasteiger charge is -2.15. The maximum atomic E-state index is 12.0. The first kappa shape index (κ1) is 14.6. The molecular weight excluding hydrogens is 310 g/mol. The first-order valence-electron chi connectivity index (χ1n) is 5.08. The monoisotopic (exact) mass is 325 g/mol. The van der Waals surface area contributed by atoms with Crippen LogP contribution in [0.3, 0.4) is 0 Å². The van der Waals surface area contributed by atoms with Crippen molar-refractivity contribution in [2.75, 3.05) is 19.0 Å². The molecule has 1 heterocycles. The quantitative estimate of drug-likeness (QED) is 0.726. The van der Waals surface area contributed by atoms with Crippen LogP contribution < -0.4 is 4.72 Å². The number of methoxy groups -OCH3 is 1. The summed E-state index contributed by atoms with van der Waals surface area (Å²) in [6, 6.07) is -0.256. The van der Waals surface area contributed by atoms with E-state index in [1.165, 1.54) is 13.3 Å². The van der Waals surface area contributed by atoms with Crippen LogP contribution in [0.5, 0.6) is 0 Å². The van der Waals surface area contributed by atoms with Crippen LogP contribution in [0.15, 0.2) is 11.2 Å². The first-order chi connectivity index (χ1) is 7.99. The summed E-state index contributed by atoms with van der Waals surface area (Å²) in [6.45, 7) is 2.03. The van der Waals surface area contributed by atoms with Gasteiger partial charge in [-0.2, -0.15) is 0 Å². The zero-order valence-corrected chi connectivity index (χ0v) is 12.1. The number of imidazole rings is 1. The third-order valence-corrected chi connectivity index (χ3v) is 4.00. The lowest BCUT2D eigenvalue weighted by atomic mass is 10.3. The third-order valence-electron chi connectivity index (χ3n) is 2.12. The van der Waals surface area contributed by atoms with E-state index in [4.69, 9.17) is 4.74 Å². The molecular formula is C9H16BrN3O3S. The molecule has 0 saturated heterocycles. The number of halogens is 1. The number of hydrogen-bond donors (Lipinski definition) is 2. The Morgan fingerprint density at radius 1 is 1.65 bits per heavy atom. The standard InChI is InChI=1S/C9H16BrN3O3S/c1-7-11-5-9(12-7)17(14,15)13-8(3-4-10)6-16-2/h5,8,13H,3-4,6H2,1-2H3,(H,11,12). The summed E-state index contributed by atoms with van der Waals surface area (Å²) < 4.78 is 31.4. The molecule has 8 heteroatoms. The van der Waals surface area contributed by atoms with Crippen LogP contribution in [0.25, 0.3) is 0 Å². The molecule has 0 aliphatic rings. The van der Waals surface area contributed by atoms with E-state index in [0.29, 0.717) is 24.2 Å². The average molecular weight is 326 g/mol. The minimum atomic E-state index is -3.55. The predicted molar refractivity (Wildman–Crippen MR) is 67.7 cm³/mol. The van der Waals surface area contributed by atoms with Gasteiger partial charge in [-0.15, -0.1) is 0 Å². The second-order valence-electron chi connectivity index (χ2n) is 3.58. The summed E-state index contributed by atoms with van der Waals surface area (Å²) in [5.41, 5.74) is 0. The van der Waals surface area contributed by atoms with Crippen LogP contribution in [0, 0.1) is 6.92 Å². The van der Waals surface area contributed by atoms with E-state index < -0.39 is 10.0 Å². The zero-order valence-electron chi connectivity index (χ0n) is 9.73. The van der Waals surface area contributed by atoms with Crippen LogP contribution in [-0.2, 0) is 14.8 Å². The van der Waals surface area contributed by atoms with E-state index in [-0.39, 0.29) is 11.1 Å². The number of hydrogen-bond acceptors (Lipinski definition) is 4. The third kappa shape index (κ3) is 4.38. The molecule has 0 aliphatic heterocycles. The fourth-order valence-electron chi connectivity index (χ4n) is 1.33. The fraction of sp³-hybridized carbons (Fsp3) is 0.667. The molecule has 1 unspecified atom stereocenters. The maximum Gasteiger partial charge on any atom is 0.257 e. The normalized spacial score (nSPS) is 13.8. The Kier molecular flexibility index (Phi) is 5.57. The van der Waals surface area contributed by atoms with Gasteiger partial charge in [-0.05, 0) is 13.3 Å². The van der Waals surface area contributed by atoms with Gasteiger partial charge in [0.15, 0.2) is 5.03 Å². The van der Waals surface area contributed by atoms with Crippen molar-refractivity contribution < 1.29 is 13.2 Å². The Labute approximate surface area is 109 Å².